The van der Waals surface area contributed by atoms with Crippen molar-refractivity contribution in [2.75, 3.05) is 10.6 Å². The maximum atomic E-state index is 11.4. The SMILES string of the molecule is Cc1nn(Cc2ccc(Cl)c(Cl)c2)c(C)c1NC(=S)Nc1cnn(C)c1C(=O)O. The van der Waals surface area contributed by atoms with Gasteiger partial charge in [0.15, 0.2) is 10.8 Å². The van der Waals surface area contributed by atoms with Crippen molar-refractivity contribution in [3.05, 3.63) is 57.1 Å². The molecule has 3 N–H and O–H groups in total. The highest BCUT2D eigenvalue weighted by Gasteiger charge is 2.18. The van der Waals surface area contributed by atoms with E-state index < -0.39 is 5.97 Å². The Kier molecular flexibility index (Phi) is 6.11. The lowest BCUT2D eigenvalue weighted by atomic mass is 10.2. The summed E-state index contributed by atoms with van der Waals surface area (Å²) in [5.74, 6) is -1.10. The van der Waals surface area contributed by atoms with Crippen LogP contribution in [0.2, 0.25) is 10.0 Å². The molecule has 0 aliphatic carbocycles. The maximum absolute atomic E-state index is 11.4. The molecule has 11 heteroatoms. The number of rotatable bonds is 5. The Balaban J connectivity index is 1.77. The molecule has 8 nitrogen and oxygen atoms in total. The molecule has 2 aromatic heterocycles. The third-order valence-electron chi connectivity index (χ3n) is 4.33. The number of hydrogen-bond acceptors (Lipinski definition) is 4. The Morgan fingerprint density at radius 1 is 1.24 bits per heavy atom. The summed E-state index contributed by atoms with van der Waals surface area (Å²) < 4.78 is 3.09. The van der Waals surface area contributed by atoms with E-state index in [0.29, 0.717) is 22.3 Å². The smallest absolute Gasteiger partial charge is 0.356 e. The number of halogens is 2. The highest BCUT2D eigenvalue weighted by molar-refractivity contribution is 7.80. The van der Waals surface area contributed by atoms with Crippen LogP contribution in [0.25, 0.3) is 0 Å². The number of aromatic nitrogens is 4. The second-order valence-electron chi connectivity index (χ2n) is 6.37. The molecule has 29 heavy (non-hydrogen) atoms. The van der Waals surface area contributed by atoms with Crippen LogP contribution in [0.5, 0.6) is 0 Å². The minimum absolute atomic E-state index is 0.0120. The van der Waals surface area contributed by atoms with Crippen LogP contribution in [0.4, 0.5) is 11.4 Å². The Bertz CT molecular complexity index is 1110. The van der Waals surface area contributed by atoms with E-state index in [1.165, 1.54) is 10.9 Å². The monoisotopic (exact) mass is 452 g/mol. The van der Waals surface area contributed by atoms with Gasteiger partial charge in [0.25, 0.3) is 0 Å². The topological polar surface area (TPSA) is 97.0 Å². The van der Waals surface area contributed by atoms with Gasteiger partial charge in [-0.05, 0) is 43.8 Å². The minimum Gasteiger partial charge on any atom is -0.476 e. The van der Waals surface area contributed by atoms with Crippen LogP contribution in [-0.2, 0) is 13.6 Å². The van der Waals surface area contributed by atoms with Crippen molar-refractivity contribution in [1.29, 1.82) is 0 Å². The summed E-state index contributed by atoms with van der Waals surface area (Å²) in [5, 5.41) is 25.0. The summed E-state index contributed by atoms with van der Waals surface area (Å²) in [7, 11) is 1.55. The van der Waals surface area contributed by atoms with E-state index in [4.69, 9.17) is 35.4 Å². The van der Waals surface area contributed by atoms with Crippen molar-refractivity contribution in [3.8, 4) is 0 Å². The average Bonchev–Trinajstić information content (AvgIpc) is 3.12. The van der Waals surface area contributed by atoms with Crippen molar-refractivity contribution in [3.63, 3.8) is 0 Å². The molecule has 3 rings (SSSR count). The van der Waals surface area contributed by atoms with Gasteiger partial charge in [-0.2, -0.15) is 10.2 Å². The minimum atomic E-state index is -1.10. The fourth-order valence-electron chi connectivity index (χ4n) is 2.89. The third-order valence-corrected chi connectivity index (χ3v) is 5.27. The number of carboxylic acids is 1. The van der Waals surface area contributed by atoms with E-state index >= 15 is 0 Å². The summed E-state index contributed by atoms with van der Waals surface area (Å²) in [5.41, 5.74) is 3.62. The van der Waals surface area contributed by atoms with E-state index in [9.17, 15) is 9.90 Å². The van der Waals surface area contributed by atoms with Gasteiger partial charge in [-0.15, -0.1) is 0 Å². The van der Waals surface area contributed by atoms with Gasteiger partial charge < -0.3 is 15.7 Å². The van der Waals surface area contributed by atoms with Crippen LogP contribution in [-0.4, -0.2) is 35.7 Å². The lowest BCUT2D eigenvalue weighted by Crippen LogP contribution is -2.21. The molecular weight excluding hydrogens is 435 g/mol. The van der Waals surface area contributed by atoms with E-state index in [1.807, 2.05) is 24.6 Å². The number of carbonyl (C=O) groups is 1. The average molecular weight is 453 g/mol. The maximum Gasteiger partial charge on any atom is 0.356 e. The molecule has 0 bridgehead atoms. The van der Waals surface area contributed by atoms with Crippen LogP contribution in [0.15, 0.2) is 24.4 Å². The molecule has 0 aliphatic heterocycles. The number of aromatic carboxylic acids is 1. The quantitative estimate of drug-likeness (QED) is 0.501. The predicted octanol–water partition coefficient (Wildman–Crippen LogP) is 4.10. The summed E-state index contributed by atoms with van der Waals surface area (Å²) >= 11 is 17.4. The van der Waals surface area contributed by atoms with Gasteiger partial charge in [0.1, 0.15) is 0 Å². The lowest BCUT2D eigenvalue weighted by Gasteiger charge is -2.11. The number of hydrogen-bond donors (Lipinski definition) is 3. The molecular formula is C18H18Cl2N6O2S. The van der Waals surface area contributed by atoms with Crippen LogP contribution < -0.4 is 10.6 Å². The summed E-state index contributed by atoms with van der Waals surface area (Å²) in [6, 6.07) is 5.44. The van der Waals surface area contributed by atoms with Crippen LogP contribution >= 0.6 is 35.4 Å². The molecule has 0 spiro atoms. The van der Waals surface area contributed by atoms with Gasteiger partial charge in [-0.25, -0.2) is 4.79 Å². The van der Waals surface area contributed by atoms with E-state index in [1.54, 1.807) is 19.2 Å². The molecule has 0 atom stereocenters. The molecule has 0 saturated heterocycles. The van der Waals surface area contributed by atoms with Gasteiger partial charge in [0.05, 0.1) is 45.5 Å². The van der Waals surface area contributed by atoms with E-state index in [0.717, 1.165) is 22.6 Å². The highest BCUT2D eigenvalue weighted by Crippen LogP contribution is 2.25. The third kappa shape index (κ3) is 4.52. The Labute approximate surface area is 182 Å². The largest absolute Gasteiger partial charge is 0.476 e. The number of benzene rings is 1. The molecule has 152 valence electrons. The Hall–Kier alpha value is -2.62. The second kappa shape index (κ2) is 8.40. The number of aryl methyl sites for hydroxylation is 2. The van der Waals surface area contributed by atoms with E-state index in [2.05, 4.69) is 20.8 Å². The molecule has 1 aromatic carbocycles. The lowest BCUT2D eigenvalue weighted by molar-refractivity contribution is 0.0686. The Morgan fingerprint density at radius 2 is 1.97 bits per heavy atom. The van der Waals surface area contributed by atoms with Crippen molar-refractivity contribution in [2.45, 2.75) is 20.4 Å². The van der Waals surface area contributed by atoms with Crippen LogP contribution in [0, 0.1) is 13.8 Å². The zero-order valence-electron chi connectivity index (χ0n) is 15.8. The number of thiocarbonyl (C=S) groups is 1. The summed E-state index contributed by atoms with van der Waals surface area (Å²) in [6.45, 7) is 4.28. The molecule has 3 aromatic rings. The fraction of sp³-hybridized carbons (Fsp3) is 0.222. The van der Waals surface area contributed by atoms with Gasteiger partial charge in [0, 0.05) is 7.05 Å². The number of nitrogens with zero attached hydrogens (tertiary/aromatic N) is 4. The first-order valence-electron chi connectivity index (χ1n) is 8.48. The zero-order chi connectivity index (χ0) is 21.3. The van der Waals surface area contributed by atoms with Crippen molar-refractivity contribution >= 4 is 57.9 Å². The molecule has 0 unspecified atom stereocenters. The fourth-order valence-corrected chi connectivity index (χ4v) is 3.43. The van der Waals surface area contributed by atoms with Crippen LogP contribution in [0.1, 0.15) is 27.4 Å². The molecule has 0 saturated carbocycles. The summed E-state index contributed by atoms with van der Waals surface area (Å²) in [4.78, 5) is 11.4. The second-order valence-corrected chi connectivity index (χ2v) is 7.59. The Morgan fingerprint density at radius 3 is 2.62 bits per heavy atom. The van der Waals surface area contributed by atoms with Crippen molar-refractivity contribution in [2.24, 2.45) is 7.05 Å². The molecule has 2 heterocycles. The summed E-state index contributed by atoms with van der Waals surface area (Å²) in [6.07, 6.45) is 1.41. The standard InChI is InChI=1S/C18H18Cl2N6O2S/c1-9-15(23-18(29)22-14-7-21-25(3)16(14)17(27)28)10(2)26(24-9)8-11-4-5-12(19)13(20)6-11/h4-7H,8H2,1-3H3,(H,27,28)(H2,22,23,29). The predicted molar refractivity (Wildman–Crippen MR) is 117 cm³/mol. The number of nitrogens with one attached hydrogen (secondary N) is 2. The van der Waals surface area contributed by atoms with Crippen molar-refractivity contribution in [1.82, 2.24) is 19.6 Å². The highest BCUT2D eigenvalue weighted by atomic mass is 35.5. The number of carboxylic acid groups (broad SMARTS) is 1. The molecule has 0 radical (unpaired) electrons. The van der Waals surface area contributed by atoms with Gasteiger partial charge in [-0.1, -0.05) is 29.3 Å². The first-order valence-corrected chi connectivity index (χ1v) is 9.65. The first-order chi connectivity index (χ1) is 13.7. The first kappa shape index (κ1) is 21.1. The number of anilines is 2. The van der Waals surface area contributed by atoms with Gasteiger partial charge in [0.2, 0.25) is 0 Å². The van der Waals surface area contributed by atoms with E-state index in [-0.39, 0.29) is 10.8 Å². The molecule has 0 fully saturated rings. The van der Waals surface area contributed by atoms with Crippen LogP contribution in [0.3, 0.4) is 0 Å². The zero-order valence-corrected chi connectivity index (χ0v) is 18.2. The normalized spacial score (nSPS) is 10.8. The van der Waals surface area contributed by atoms with Crippen molar-refractivity contribution < 1.29 is 9.90 Å². The molecule has 0 amide bonds. The van der Waals surface area contributed by atoms with Gasteiger partial charge >= 0.3 is 5.97 Å². The van der Waals surface area contributed by atoms with Gasteiger partial charge in [-0.3, -0.25) is 9.36 Å². The molecule has 0 aliphatic rings.